The molecule has 1 aliphatic carbocycles. The van der Waals surface area contributed by atoms with E-state index >= 15 is 0 Å². The molecule has 0 aromatic rings. The second kappa shape index (κ2) is 6.76. The third-order valence-corrected chi connectivity index (χ3v) is 5.83. The van der Waals surface area contributed by atoms with Gasteiger partial charge in [0, 0.05) is 31.2 Å². The molecule has 20 heavy (non-hydrogen) atoms. The zero-order valence-corrected chi connectivity index (χ0v) is 13.2. The van der Waals surface area contributed by atoms with E-state index in [-0.39, 0.29) is 0 Å². The molecule has 3 atom stereocenters. The van der Waals surface area contributed by atoms with Crippen molar-refractivity contribution in [2.75, 3.05) is 39.4 Å². The third-order valence-electron chi connectivity index (χ3n) is 5.83. The molecule has 2 heterocycles. The lowest BCUT2D eigenvalue weighted by Gasteiger charge is -2.47. The van der Waals surface area contributed by atoms with Gasteiger partial charge in [-0.2, -0.15) is 0 Å². The van der Waals surface area contributed by atoms with Gasteiger partial charge < -0.3 is 10.1 Å². The van der Waals surface area contributed by atoms with Crippen molar-refractivity contribution >= 4 is 0 Å². The second-order valence-corrected chi connectivity index (χ2v) is 7.31. The van der Waals surface area contributed by atoms with Gasteiger partial charge in [-0.25, -0.2) is 0 Å². The normalized spacial score (nSPS) is 38.9. The van der Waals surface area contributed by atoms with E-state index in [1.54, 1.807) is 0 Å². The molecule has 1 unspecified atom stereocenters. The molecule has 3 nitrogen and oxygen atoms in total. The fraction of sp³-hybridized carbons (Fsp3) is 1.00. The predicted molar refractivity (Wildman–Crippen MR) is 83.0 cm³/mol. The fourth-order valence-corrected chi connectivity index (χ4v) is 4.71. The molecule has 0 radical (unpaired) electrons. The Morgan fingerprint density at radius 2 is 2.05 bits per heavy atom. The molecule has 0 aromatic carbocycles. The van der Waals surface area contributed by atoms with Crippen molar-refractivity contribution in [1.29, 1.82) is 0 Å². The molecule has 3 aliphatic rings. The van der Waals surface area contributed by atoms with Gasteiger partial charge in [-0.3, -0.25) is 4.90 Å². The van der Waals surface area contributed by atoms with Crippen LogP contribution < -0.4 is 5.32 Å². The number of hydrogen-bond donors (Lipinski definition) is 1. The monoisotopic (exact) mass is 280 g/mol. The summed E-state index contributed by atoms with van der Waals surface area (Å²) < 4.78 is 5.77. The fourth-order valence-electron chi connectivity index (χ4n) is 4.71. The van der Waals surface area contributed by atoms with Crippen LogP contribution >= 0.6 is 0 Å². The Hall–Kier alpha value is -0.120. The minimum Gasteiger partial charge on any atom is -0.381 e. The standard InChI is InChI=1S/C17H32N2O/c1-2-18-12-17(9-11-20-14-17)13-19-10-5-7-15-6-3-4-8-16(15)19/h15-16,18H,2-14H2,1H3/t15-,16-,17?/m1/s1. The molecule has 3 heteroatoms. The van der Waals surface area contributed by atoms with Crippen LogP contribution in [0.4, 0.5) is 0 Å². The first kappa shape index (κ1) is 14.8. The highest BCUT2D eigenvalue weighted by atomic mass is 16.5. The highest BCUT2D eigenvalue weighted by molar-refractivity contribution is 4.94. The van der Waals surface area contributed by atoms with E-state index in [0.29, 0.717) is 5.41 Å². The van der Waals surface area contributed by atoms with E-state index in [0.717, 1.165) is 38.3 Å². The maximum Gasteiger partial charge on any atom is 0.0547 e. The van der Waals surface area contributed by atoms with Crippen molar-refractivity contribution in [2.24, 2.45) is 11.3 Å². The van der Waals surface area contributed by atoms with Gasteiger partial charge in [-0.05, 0) is 51.1 Å². The van der Waals surface area contributed by atoms with Gasteiger partial charge in [0.2, 0.25) is 0 Å². The molecule has 0 aromatic heterocycles. The van der Waals surface area contributed by atoms with Gasteiger partial charge in [-0.1, -0.05) is 19.8 Å². The van der Waals surface area contributed by atoms with Crippen molar-refractivity contribution in [3.05, 3.63) is 0 Å². The van der Waals surface area contributed by atoms with Crippen LogP contribution in [0.3, 0.4) is 0 Å². The Balaban J connectivity index is 1.64. The molecule has 3 rings (SSSR count). The number of hydrogen-bond acceptors (Lipinski definition) is 3. The zero-order valence-electron chi connectivity index (χ0n) is 13.2. The van der Waals surface area contributed by atoms with E-state index in [2.05, 4.69) is 17.1 Å². The number of nitrogens with one attached hydrogen (secondary N) is 1. The molecule has 0 bridgehead atoms. The molecule has 0 spiro atoms. The van der Waals surface area contributed by atoms with Crippen LogP contribution in [-0.4, -0.2) is 50.3 Å². The lowest BCUT2D eigenvalue weighted by Crippen LogP contribution is -2.53. The number of fused-ring (bicyclic) bond motifs is 1. The van der Waals surface area contributed by atoms with Gasteiger partial charge in [0.25, 0.3) is 0 Å². The van der Waals surface area contributed by atoms with E-state index in [1.165, 1.54) is 58.0 Å². The van der Waals surface area contributed by atoms with Crippen LogP contribution in [0.1, 0.15) is 51.9 Å². The largest absolute Gasteiger partial charge is 0.381 e. The van der Waals surface area contributed by atoms with Crippen molar-refractivity contribution in [3.8, 4) is 0 Å². The Morgan fingerprint density at radius 3 is 2.85 bits per heavy atom. The highest BCUT2D eigenvalue weighted by Gasteiger charge is 2.41. The summed E-state index contributed by atoms with van der Waals surface area (Å²) in [4.78, 5) is 2.85. The van der Waals surface area contributed by atoms with Crippen molar-refractivity contribution in [1.82, 2.24) is 10.2 Å². The molecular formula is C17H32N2O. The Bertz CT molecular complexity index is 299. The van der Waals surface area contributed by atoms with E-state index < -0.39 is 0 Å². The zero-order chi connectivity index (χ0) is 13.8. The molecule has 1 N–H and O–H groups in total. The summed E-state index contributed by atoms with van der Waals surface area (Å²) in [5, 5.41) is 3.59. The van der Waals surface area contributed by atoms with Crippen molar-refractivity contribution in [3.63, 3.8) is 0 Å². The topological polar surface area (TPSA) is 24.5 Å². The summed E-state index contributed by atoms with van der Waals surface area (Å²) in [5.74, 6) is 0.996. The summed E-state index contributed by atoms with van der Waals surface area (Å²) in [7, 11) is 0. The summed E-state index contributed by atoms with van der Waals surface area (Å²) in [6.07, 6.45) is 10.0. The van der Waals surface area contributed by atoms with Crippen LogP contribution in [0.15, 0.2) is 0 Å². The molecular weight excluding hydrogens is 248 g/mol. The van der Waals surface area contributed by atoms with Gasteiger partial charge in [0.05, 0.1) is 6.61 Å². The van der Waals surface area contributed by atoms with E-state index in [1.807, 2.05) is 0 Å². The second-order valence-electron chi connectivity index (χ2n) is 7.31. The average molecular weight is 280 g/mol. The minimum atomic E-state index is 0.384. The molecule has 1 saturated carbocycles. The summed E-state index contributed by atoms with van der Waals surface area (Å²) in [6.45, 7) is 8.95. The Morgan fingerprint density at radius 1 is 1.20 bits per heavy atom. The Labute approximate surface area is 124 Å². The molecule has 116 valence electrons. The lowest BCUT2D eigenvalue weighted by atomic mass is 9.76. The first-order valence-electron chi connectivity index (χ1n) is 8.85. The van der Waals surface area contributed by atoms with E-state index in [9.17, 15) is 0 Å². The number of likely N-dealkylation sites (tertiary alicyclic amines) is 1. The Kier molecular flexibility index (Phi) is 5.00. The number of nitrogens with zero attached hydrogens (tertiary/aromatic N) is 1. The van der Waals surface area contributed by atoms with Crippen molar-refractivity contribution in [2.45, 2.75) is 57.9 Å². The maximum atomic E-state index is 5.77. The number of piperidine rings is 1. The van der Waals surface area contributed by atoms with Crippen molar-refractivity contribution < 1.29 is 4.74 Å². The van der Waals surface area contributed by atoms with Crippen LogP contribution in [0.5, 0.6) is 0 Å². The quantitative estimate of drug-likeness (QED) is 0.838. The predicted octanol–water partition coefficient (Wildman–Crippen LogP) is 2.66. The molecule has 2 saturated heterocycles. The number of rotatable bonds is 5. The van der Waals surface area contributed by atoms with Gasteiger partial charge >= 0.3 is 0 Å². The van der Waals surface area contributed by atoms with Gasteiger partial charge in [0.1, 0.15) is 0 Å². The smallest absolute Gasteiger partial charge is 0.0547 e. The summed E-state index contributed by atoms with van der Waals surface area (Å²) in [5.41, 5.74) is 0.384. The summed E-state index contributed by atoms with van der Waals surface area (Å²) >= 11 is 0. The first-order valence-corrected chi connectivity index (χ1v) is 8.85. The van der Waals surface area contributed by atoms with Crippen LogP contribution in [-0.2, 0) is 4.74 Å². The third kappa shape index (κ3) is 3.20. The maximum absolute atomic E-state index is 5.77. The lowest BCUT2D eigenvalue weighted by molar-refractivity contribution is 0.0189. The molecule has 3 fully saturated rings. The van der Waals surface area contributed by atoms with Crippen LogP contribution in [0, 0.1) is 11.3 Å². The number of ether oxygens (including phenoxy) is 1. The highest BCUT2D eigenvalue weighted by Crippen LogP contribution is 2.38. The average Bonchev–Trinajstić information content (AvgIpc) is 2.95. The first-order chi connectivity index (χ1) is 9.83. The molecule has 0 amide bonds. The van der Waals surface area contributed by atoms with E-state index in [4.69, 9.17) is 4.74 Å². The van der Waals surface area contributed by atoms with Crippen LogP contribution in [0.25, 0.3) is 0 Å². The molecule has 2 aliphatic heterocycles. The summed E-state index contributed by atoms with van der Waals surface area (Å²) in [6, 6.07) is 0.886. The van der Waals surface area contributed by atoms with Crippen LogP contribution in [0.2, 0.25) is 0 Å². The van der Waals surface area contributed by atoms with Gasteiger partial charge in [0.15, 0.2) is 0 Å². The SMILES string of the molecule is CCNCC1(CN2CCC[C@H]3CCCC[C@H]32)CCOC1. The van der Waals surface area contributed by atoms with Gasteiger partial charge in [-0.15, -0.1) is 0 Å². The minimum absolute atomic E-state index is 0.384.